The number of H-pyrrole nitrogens is 2. The molecular formula is C44H56N8O7. The zero-order valence-electron chi connectivity index (χ0n) is 34.3. The first-order valence-electron chi connectivity index (χ1n) is 20.6. The second-order valence-electron chi connectivity index (χ2n) is 15.0. The highest BCUT2D eigenvalue weighted by atomic mass is 16.5. The standard InChI is InChI=1S/C38H44N8O7.2C3H6/c1-24-19-27(29-22-41-36(44-29)31-14-17-46(31)34(48)23-42-38(50)52-3)7-6-18-53-32(20-24)26-11-9-25(10-12-26)28-21-40-35(43-28)30-8-4-5-16-45(30)33(47)13-15-39-37(49)51-2;2*1-2-3-1/h6-7,9-12,18-22,30-31H,4-5,8,13-17,23H2,1-3H3,(H,39,49)(H,40,43)(H,41,44)(H,42,50);2*1-3H2. The molecule has 5 heterocycles. The largest absolute Gasteiger partial charge is 0.464 e. The number of carbonyl (C=O) groups excluding carboxylic acids is 4. The minimum Gasteiger partial charge on any atom is -0.464 e. The summed E-state index contributed by atoms with van der Waals surface area (Å²) in [5.41, 5.74) is 5.32. The SMILES string of the molecule is C1CC1.C1CC1.COC(=O)NCCC(=O)N1CCCCC1c1ncc(-c2ccc(-c3cc(C)cc(-c4cnc(C5CCN5C(=O)CNC(=O)OC)[nH]4)ccco3)cc2)[nH]1. The van der Waals surface area contributed by atoms with Crippen molar-refractivity contribution in [3.8, 4) is 33.8 Å². The van der Waals surface area contributed by atoms with Crippen molar-refractivity contribution in [2.75, 3.05) is 40.4 Å². The quantitative estimate of drug-likeness (QED) is 0.123. The number of amides is 4. The number of rotatable bonds is 10. The van der Waals surface area contributed by atoms with Crippen LogP contribution in [0.15, 0.2) is 71.6 Å². The third kappa shape index (κ3) is 12.4. The van der Waals surface area contributed by atoms with Gasteiger partial charge in [0.1, 0.15) is 24.0 Å². The number of hydrogen-bond donors (Lipinski definition) is 4. The predicted molar refractivity (Wildman–Crippen MR) is 222 cm³/mol. The number of imidazole rings is 2. The van der Waals surface area contributed by atoms with Gasteiger partial charge < -0.3 is 44.3 Å². The first-order valence-corrected chi connectivity index (χ1v) is 20.6. The number of aromatic amines is 2. The Bertz CT molecular complexity index is 2070. The molecule has 4 aliphatic rings. The average Bonchev–Trinajstić information content (AvgIpc) is 4.21. The highest BCUT2D eigenvalue weighted by Crippen LogP contribution is 2.34. The van der Waals surface area contributed by atoms with E-state index in [1.165, 1.54) is 52.7 Å². The van der Waals surface area contributed by atoms with E-state index < -0.39 is 12.2 Å². The summed E-state index contributed by atoms with van der Waals surface area (Å²) >= 11 is 0. The molecule has 4 fully saturated rings. The number of ether oxygens (including phenoxy) is 2. The summed E-state index contributed by atoms with van der Waals surface area (Å²) < 4.78 is 15.2. The number of nitrogens with zero attached hydrogens (tertiary/aromatic N) is 4. The second kappa shape index (κ2) is 21.0. The van der Waals surface area contributed by atoms with E-state index in [2.05, 4.69) is 40.0 Å². The molecule has 59 heavy (non-hydrogen) atoms. The van der Waals surface area contributed by atoms with Gasteiger partial charge in [-0.05, 0) is 73.6 Å². The maximum absolute atomic E-state index is 13.0. The van der Waals surface area contributed by atoms with E-state index >= 15 is 0 Å². The Morgan fingerprint density at radius 3 is 1.92 bits per heavy atom. The van der Waals surface area contributed by atoms with Gasteiger partial charge in [-0.15, -0.1) is 0 Å². The van der Waals surface area contributed by atoms with Gasteiger partial charge in [-0.1, -0.05) is 62.8 Å². The summed E-state index contributed by atoms with van der Waals surface area (Å²) in [6.45, 7) is 3.30. The highest BCUT2D eigenvalue weighted by Gasteiger charge is 2.35. The first kappa shape index (κ1) is 42.5. The summed E-state index contributed by atoms with van der Waals surface area (Å²) in [6, 6.07) is 15.4. The van der Waals surface area contributed by atoms with Crippen molar-refractivity contribution in [1.29, 1.82) is 0 Å². The Kier molecular flexibility index (Phi) is 15.2. The van der Waals surface area contributed by atoms with Crippen LogP contribution in [-0.2, 0) is 19.1 Å². The summed E-state index contributed by atoms with van der Waals surface area (Å²) in [5, 5.41) is 5.00. The van der Waals surface area contributed by atoms with Crippen molar-refractivity contribution in [2.45, 2.75) is 89.6 Å². The number of benzene rings is 1. The number of carbonyl (C=O) groups is 4. The lowest BCUT2D eigenvalue weighted by atomic mass is 10.0. The Hall–Kier alpha value is -6.12. The van der Waals surface area contributed by atoms with Crippen LogP contribution in [0.4, 0.5) is 9.59 Å². The fraction of sp³-hybridized carbons (Fsp3) is 0.455. The van der Waals surface area contributed by atoms with Crippen LogP contribution < -0.4 is 10.6 Å². The molecule has 2 saturated carbocycles. The Morgan fingerprint density at radius 1 is 0.712 bits per heavy atom. The monoisotopic (exact) mass is 808 g/mol. The van der Waals surface area contributed by atoms with Gasteiger partial charge in [0.05, 0.1) is 56.3 Å². The van der Waals surface area contributed by atoms with Gasteiger partial charge in [0, 0.05) is 31.6 Å². The summed E-state index contributed by atoms with van der Waals surface area (Å²) in [6.07, 6.45) is 16.7. The topological polar surface area (TPSA) is 188 Å². The molecule has 0 radical (unpaired) electrons. The predicted octanol–water partition coefficient (Wildman–Crippen LogP) is 7.93. The van der Waals surface area contributed by atoms with Crippen LogP contribution in [0.1, 0.15) is 99.9 Å². The molecule has 2 unspecified atom stereocenters. The molecule has 8 rings (SSSR count). The molecule has 2 aliphatic carbocycles. The van der Waals surface area contributed by atoms with Crippen LogP contribution in [0.3, 0.4) is 0 Å². The molecule has 314 valence electrons. The maximum Gasteiger partial charge on any atom is 0.407 e. The van der Waals surface area contributed by atoms with E-state index in [1.807, 2.05) is 60.4 Å². The van der Waals surface area contributed by atoms with E-state index in [0.29, 0.717) is 24.7 Å². The number of aromatic nitrogens is 4. The van der Waals surface area contributed by atoms with Crippen molar-refractivity contribution in [2.24, 2.45) is 0 Å². The maximum atomic E-state index is 13.0. The minimum atomic E-state index is -0.650. The van der Waals surface area contributed by atoms with Crippen LogP contribution in [0.25, 0.3) is 33.8 Å². The van der Waals surface area contributed by atoms with Gasteiger partial charge >= 0.3 is 12.2 Å². The molecule has 1 aromatic carbocycles. The van der Waals surface area contributed by atoms with E-state index in [1.54, 1.807) is 23.6 Å². The highest BCUT2D eigenvalue weighted by molar-refractivity contribution is 5.83. The third-order valence-electron chi connectivity index (χ3n) is 10.1. The molecule has 0 bridgehead atoms. The molecule has 15 heteroatoms. The van der Waals surface area contributed by atoms with Gasteiger partial charge in [-0.2, -0.15) is 0 Å². The van der Waals surface area contributed by atoms with Crippen LogP contribution in [-0.4, -0.2) is 94.1 Å². The lowest BCUT2D eigenvalue weighted by Crippen LogP contribution is -2.49. The molecule has 15 nitrogen and oxygen atoms in total. The third-order valence-corrected chi connectivity index (χ3v) is 10.1. The zero-order valence-corrected chi connectivity index (χ0v) is 34.3. The number of methoxy groups -OCH3 is 2. The summed E-state index contributed by atoms with van der Waals surface area (Å²) in [5.74, 6) is 1.86. The molecule has 2 atom stereocenters. The minimum absolute atomic E-state index is 0.0344. The molecular weight excluding hydrogens is 753 g/mol. The summed E-state index contributed by atoms with van der Waals surface area (Å²) in [7, 11) is 2.55. The van der Waals surface area contributed by atoms with Crippen LogP contribution in [0.5, 0.6) is 0 Å². The van der Waals surface area contributed by atoms with E-state index in [-0.39, 0.29) is 43.4 Å². The zero-order chi connectivity index (χ0) is 41.6. The van der Waals surface area contributed by atoms with Crippen LogP contribution in [0, 0.1) is 6.92 Å². The van der Waals surface area contributed by atoms with Crippen molar-refractivity contribution in [1.82, 2.24) is 40.4 Å². The van der Waals surface area contributed by atoms with Crippen molar-refractivity contribution in [3.05, 3.63) is 84.4 Å². The Labute approximate surface area is 345 Å². The number of hydrogen-bond acceptors (Lipinski definition) is 9. The number of piperidine rings is 1. The fourth-order valence-corrected chi connectivity index (χ4v) is 6.56. The van der Waals surface area contributed by atoms with E-state index in [4.69, 9.17) is 4.42 Å². The second-order valence-corrected chi connectivity index (χ2v) is 15.0. The Balaban J connectivity index is 0.000000894. The normalized spacial score (nSPS) is 17.3. The summed E-state index contributed by atoms with van der Waals surface area (Å²) in [4.78, 5) is 68.0. The van der Waals surface area contributed by atoms with Gasteiger partial charge in [-0.25, -0.2) is 19.6 Å². The van der Waals surface area contributed by atoms with E-state index in [0.717, 1.165) is 65.1 Å². The smallest absolute Gasteiger partial charge is 0.407 e. The van der Waals surface area contributed by atoms with Crippen molar-refractivity contribution >= 4 is 24.0 Å². The van der Waals surface area contributed by atoms with Gasteiger partial charge in [-0.3, -0.25) is 9.59 Å². The molecule has 2 saturated heterocycles. The molecule has 2 aliphatic heterocycles. The fourth-order valence-electron chi connectivity index (χ4n) is 6.56. The lowest BCUT2D eigenvalue weighted by Gasteiger charge is -2.39. The van der Waals surface area contributed by atoms with Crippen molar-refractivity contribution < 1.29 is 33.1 Å². The molecule has 4 amide bonds. The van der Waals surface area contributed by atoms with Gasteiger partial charge in [0.2, 0.25) is 11.8 Å². The number of nitrogens with one attached hydrogen (secondary N) is 4. The lowest BCUT2D eigenvalue weighted by molar-refractivity contribution is -0.138. The number of aryl methyl sites for hydroxylation is 1. The Morgan fingerprint density at radius 2 is 1.31 bits per heavy atom. The van der Waals surface area contributed by atoms with Crippen LogP contribution in [0.2, 0.25) is 0 Å². The van der Waals surface area contributed by atoms with Crippen molar-refractivity contribution in [3.63, 3.8) is 0 Å². The van der Waals surface area contributed by atoms with Crippen LogP contribution >= 0.6 is 0 Å². The molecule has 4 aromatic rings. The first-order chi connectivity index (χ1) is 28.7. The number of likely N-dealkylation sites (tertiary alicyclic amines) is 2. The van der Waals surface area contributed by atoms with Gasteiger partial charge in [0.15, 0.2) is 0 Å². The average molecular weight is 809 g/mol. The van der Waals surface area contributed by atoms with Gasteiger partial charge in [0.25, 0.3) is 0 Å². The molecule has 3 aromatic heterocycles. The molecule has 4 N–H and O–H groups in total. The molecule has 0 spiro atoms. The van der Waals surface area contributed by atoms with E-state index in [9.17, 15) is 19.2 Å². The number of alkyl carbamates (subject to hydrolysis) is 2.